The molecule has 0 saturated heterocycles. The van der Waals surface area contributed by atoms with Crippen LogP contribution in [0.15, 0.2) is 24.3 Å². The molecule has 0 bridgehead atoms. The third-order valence-corrected chi connectivity index (χ3v) is 2.21. The molecular weight excluding hydrogens is 230 g/mol. The van der Waals surface area contributed by atoms with Gasteiger partial charge in [0.2, 0.25) is 5.82 Å². The molecular formula is C13H15N3O2. The minimum Gasteiger partial charge on any atom is -0.454 e. The number of para-hydroxylation sites is 1. The van der Waals surface area contributed by atoms with Crippen LogP contribution < -0.4 is 5.73 Å². The van der Waals surface area contributed by atoms with Crippen LogP contribution in [0.3, 0.4) is 0 Å². The minimum absolute atomic E-state index is 0.0128. The first-order chi connectivity index (χ1) is 8.37. The lowest BCUT2D eigenvalue weighted by molar-refractivity contribution is 0.00562. The summed E-state index contributed by atoms with van der Waals surface area (Å²) in [5, 5.41) is 0.727. The molecule has 0 saturated carbocycles. The van der Waals surface area contributed by atoms with E-state index in [0.29, 0.717) is 5.52 Å². The second-order valence-corrected chi connectivity index (χ2v) is 4.95. The first kappa shape index (κ1) is 12.3. The fraction of sp³-hybridized carbons (Fsp3) is 0.308. The number of nitrogens with two attached hydrogens (primary N) is 1. The number of anilines is 1. The van der Waals surface area contributed by atoms with Crippen LogP contribution >= 0.6 is 0 Å². The Morgan fingerprint density at radius 3 is 2.56 bits per heavy atom. The topological polar surface area (TPSA) is 78.1 Å². The van der Waals surface area contributed by atoms with Gasteiger partial charge in [0.15, 0.2) is 0 Å². The van der Waals surface area contributed by atoms with Gasteiger partial charge in [-0.25, -0.2) is 14.8 Å². The zero-order chi connectivity index (χ0) is 13.3. The molecule has 0 aliphatic heterocycles. The van der Waals surface area contributed by atoms with E-state index in [-0.39, 0.29) is 11.6 Å². The highest BCUT2D eigenvalue weighted by Gasteiger charge is 2.21. The van der Waals surface area contributed by atoms with Crippen LogP contribution in [0, 0.1) is 0 Å². The second-order valence-electron chi connectivity index (χ2n) is 4.95. The highest BCUT2D eigenvalue weighted by atomic mass is 16.6. The Labute approximate surface area is 105 Å². The number of ether oxygens (including phenoxy) is 1. The molecule has 2 rings (SSSR count). The summed E-state index contributed by atoms with van der Waals surface area (Å²) in [6.45, 7) is 5.36. The summed E-state index contributed by atoms with van der Waals surface area (Å²) in [7, 11) is 0. The molecule has 1 aromatic carbocycles. The van der Waals surface area contributed by atoms with Gasteiger partial charge in [-0.2, -0.15) is 0 Å². The van der Waals surface area contributed by atoms with Crippen molar-refractivity contribution in [1.29, 1.82) is 0 Å². The van der Waals surface area contributed by atoms with Crippen LogP contribution in [0.25, 0.3) is 10.9 Å². The van der Waals surface area contributed by atoms with Gasteiger partial charge in [-0.3, -0.25) is 0 Å². The Hall–Kier alpha value is -2.17. The number of carbonyl (C=O) groups is 1. The Morgan fingerprint density at radius 2 is 1.89 bits per heavy atom. The highest BCUT2D eigenvalue weighted by Crippen LogP contribution is 2.18. The molecule has 18 heavy (non-hydrogen) atoms. The van der Waals surface area contributed by atoms with Gasteiger partial charge in [0.1, 0.15) is 11.4 Å². The summed E-state index contributed by atoms with van der Waals surface area (Å²) in [4.78, 5) is 20.0. The van der Waals surface area contributed by atoms with Crippen molar-refractivity contribution >= 4 is 22.7 Å². The van der Waals surface area contributed by atoms with Crippen LogP contribution in [0.2, 0.25) is 0 Å². The first-order valence-electron chi connectivity index (χ1n) is 5.62. The molecule has 0 aliphatic rings. The first-order valence-corrected chi connectivity index (χ1v) is 5.62. The summed E-state index contributed by atoms with van der Waals surface area (Å²) in [6, 6.07) is 7.26. The average Bonchev–Trinajstić information content (AvgIpc) is 2.26. The molecule has 1 heterocycles. The number of hydrogen-bond donors (Lipinski definition) is 1. The van der Waals surface area contributed by atoms with E-state index in [9.17, 15) is 4.79 Å². The monoisotopic (exact) mass is 245 g/mol. The summed E-state index contributed by atoms with van der Waals surface area (Å²) in [6.07, 6.45) is 0. The lowest BCUT2D eigenvalue weighted by Gasteiger charge is -2.18. The van der Waals surface area contributed by atoms with E-state index in [0.717, 1.165) is 5.39 Å². The average molecular weight is 245 g/mol. The molecule has 0 aliphatic carbocycles. The summed E-state index contributed by atoms with van der Waals surface area (Å²) < 4.78 is 5.21. The number of hydrogen-bond acceptors (Lipinski definition) is 5. The van der Waals surface area contributed by atoms with Crippen LogP contribution in [0.1, 0.15) is 31.4 Å². The molecule has 0 spiro atoms. The van der Waals surface area contributed by atoms with E-state index in [1.54, 1.807) is 26.8 Å². The predicted molar refractivity (Wildman–Crippen MR) is 69.1 cm³/mol. The number of carbonyl (C=O) groups excluding carboxylic acids is 1. The SMILES string of the molecule is CC(C)(C)OC(=O)c1nc(N)c2ccccc2n1. The molecule has 0 unspecified atom stereocenters. The smallest absolute Gasteiger partial charge is 0.376 e. The quantitative estimate of drug-likeness (QED) is 0.779. The van der Waals surface area contributed by atoms with Crippen molar-refractivity contribution in [1.82, 2.24) is 9.97 Å². The van der Waals surface area contributed by atoms with Gasteiger partial charge in [0.05, 0.1) is 5.52 Å². The molecule has 0 amide bonds. The maximum Gasteiger partial charge on any atom is 0.376 e. The summed E-state index contributed by atoms with van der Waals surface area (Å²) in [5.74, 6) is -0.303. The molecule has 0 fully saturated rings. The largest absolute Gasteiger partial charge is 0.454 e. The van der Waals surface area contributed by atoms with Gasteiger partial charge < -0.3 is 10.5 Å². The molecule has 5 nitrogen and oxygen atoms in total. The van der Waals surface area contributed by atoms with Crippen molar-refractivity contribution in [3.63, 3.8) is 0 Å². The van der Waals surface area contributed by atoms with Gasteiger partial charge in [-0.15, -0.1) is 0 Å². The van der Waals surface area contributed by atoms with Crippen molar-refractivity contribution in [2.75, 3.05) is 5.73 Å². The molecule has 94 valence electrons. The van der Waals surface area contributed by atoms with Crippen molar-refractivity contribution in [2.45, 2.75) is 26.4 Å². The third kappa shape index (κ3) is 2.56. The fourth-order valence-corrected chi connectivity index (χ4v) is 1.52. The standard InChI is InChI=1S/C13H15N3O2/c1-13(2,3)18-12(17)11-15-9-7-5-4-6-8(9)10(14)16-11/h4-7H,1-3H3,(H2,14,15,16). The van der Waals surface area contributed by atoms with Gasteiger partial charge in [-0.05, 0) is 32.9 Å². The van der Waals surface area contributed by atoms with Crippen LogP contribution in [-0.4, -0.2) is 21.5 Å². The van der Waals surface area contributed by atoms with Gasteiger partial charge in [-0.1, -0.05) is 12.1 Å². The Bertz CT molecular complexity index is 603. The highest BCUT2D eigenvalue weighted by molar-refractivity contribution is 5.93. The summed E-state index contributed by atoms with van der Waals surface area (Å²) in [5.41, 5.74) is 5.85. The second kappa shape index (κ2) is 4.25. The minimum atomic E-state index is -0.582. The number of esters is 1. The van der Waals surface area contributed by atoms with Crippen molar-refractivity contribution in [3.05, 3.63) is 30.1 Å². The van der Waals surface area contributed by atoms with Gasteiger partial charge in [0.25, 0.3) is 0 Å². The number of nitrogens with zero attached hydrogens (tertiary/aromatic N) is 2. The van der Waals surface area contributed by atoms with Gasteiger partial charge in [0, 0.05) is 5.39 Å². The Kier molecular flexibility index (Phi) is 2.90. The fourth-order valence-electron chi connectivity index (χ4n) is 1.52. The van der Waals surface area contributed by atoms with E-state index in [1.165, 1.54) is 0 Å². The van der Waals surface area contributed by atoms with E-state index >= 15 is 0 Å². The molecule has 0 atom stereocenters. The molecule has 5 heteroatoms. The normalized spacial score (nSPS) is 11.5. The number of rotatable bonds is 1. The third-order valence-electron chi connectivity index (χ3n) is 2.21. The van der Waals surface area contributed by atoms with E-state index in [1.807, 2.05) is 18.2 Å². The van der Waals surface area contributed by atoms with Gasteiger partial charge >= 0.3 is 5.97 Å². The number of aromatic nitrogens is 2. The zero-order valence-corrected chi connectivity index (χ0v) is 10.6. The van der Waals surface area contributed by atoms with Crippen molar-refractivity contribution in [2.24, 2.45) is 0 Å². The van der Waals surface area contributed by atoms with E-state index in [2.05, 4.69) is 9.97 Å². The molecule has 2 aromatic rings. The van der Waals surface area contributed by atoms with Crippen molar-refractivity contribution < 1.29 is 9.53 Å². The molecule has 2 N–H and O–H groups in total. The lowest BCUT2D eigenvalue weighted by atomic mass is 10.2. The molecule has 0 radical (unpaired) electrons. The molecule has 1 aromatic heterocycles. The zero-order valence-electron chi connectivity index (χ0n) is 10.6. The maximum absolute atomic E-state index is 11.9. The van der Waals surface area contributed by atoms with Crippen molar-refractivity contribution in [3.8, 4) is 0 Å². The van der Waals surface area contributed by atoms with E-state index < -0.39 is 11.6 Å². The number of fused-ring (bicyclic) bond motifs is 1. The Morgan fingerprint density at radius 1 is 1.22 bits per heavy atom. The summed E-state index contributed by atoms with van der Waals surface area (Å²) >= 11 is 0. The lowest BCUT2D eigenvalue weighted by Crippen LogP contribution is -2.25. The number of nitrogen functional groups attached to an aromatic ring is 1. The Balaban J connectivity index is 2.44. The van der Waals surface area contributed by atoms with Crippen LogP contribution in [-0.2, 0) is 4.74 Å². The number of benzene rings is 1. The predicted octanol–water partition coefficient (Wildman–Crippen LogP) is 2.17. The van der Waals surface area contributed by atoms with Crippen LogP contribution in [0.4, 0.5) is 5.82 Å². The maximum atomic E-state index is 11.9. The van der Waals surface area contributed by atoms with Crippen LogP contribution in [0.5, 0.6) is 0 Å². The van der Waals surface area contributed by atoms with E-state index in [4.69, 9.17) is 10.5 Å².